The van der Waals surface area contributed by atoms with Crippen LogP contribution in [0.3, 0.4) is 0 Å². The molecule has 1 aliphatic heterocycles. The Morgan fingerprint density at radius 3 is 2.47 bits per heavy atom. The van der Waals surface area contributed by atoms with E-state index in [1.807, 2.05) is 41.8 Å². The van der Waals surface area contributed by atoms with Crippen LogP contribution in [0.4, 0.5) is 0 Å². The van der Waals surface area contributed by atoms with Crippen molar-refractivity contribution in [2.75, 3.05) is 20.8 Å². The normalized spacial score (nSPS) is 13.5. The lowest BCUT2D eigenvalue weighted by Gasteiger charge is -2.14. The summed E-state index contributed by atoms with van der Waals surface area (Å²) in [7, 11) is 2.86. The number of hydroxylamine groups is 1. The zero-order chi connectivity index (χ0) is 32.1. The first-order valence-corrected chi connectivity index (χ1v) is 14.2. The van der Waals surface area contributed by atoms with Crippen LogP contribution in [-0.4, -0.2) is 64.1 Å². The summed E-state index contributed by atoms with van der Waals surface area (Å²) >= 11 is 6.16. The Balaban J connectivity index is 1.31. The Kier molecular flexibility index (Phi) is 9.40. The summed E-state index contributed by atoms with van der Waals surface area (Å²) in [6.07, 6.45) is -0.105. The maximum atomic E-state index is 13.1. The van der Waals surface area contributed by atoms with Crippen LogP contribution in [0, 0.1) is 6.92 Å². The molecule has 0 unspecified atom stereocenters. The summed E-state index contributed by atoms with van der Waals surface area (Å²) in [5.74, 6) is -0.0199. The maximum Gasteiger partial charge on any atom is 0.278 e. The number of nitrogens with one attached hydrogen (secondary N) is 3. The molecular formula is C31H30ClN7O6. The van der Waals surface area contributed by atoms with Crippen LogP contribution in [0.5, 0.6) is 11.5 Å². The minimum Gasteiger partial charge on any atom is -0.507 e. The number of aromatic hydroxyl groups is 1. The number of benzene rings is 3. The van der Waals surface area contributed by atoms with Gasteiger partial charge in [0.2, 0.25) is 11.8 Å². The zero-order valence-corrected chi connectivity index (χ0v) is 25.4. The molecule has 3 amide bonds. The number of phenolic OH excluding ortho intramolecular Hbond substituents is 1. The number of hydrogen-bond donors (Lipinski definition) is 4. The average Bonchev–Trinajstić information content (AvgIpc) is 3.35. The van der Waals surface area contributed by atoms with Gasteiger partial charge in [0.1, 0.15) is 23.4 Å². The first-order valence-electron chi connectivity index (χ1n) is 13.8. The molecule has 1 aliphatic rings. The zero-order valence-electron chi connectivity index (χ0n) is 24.6. The lowest BCUT2D eigenvalue weighted by molar-refractivity contribution is -0.126. The molecule has 232 valence electrons. The van der Waals surface area contributed by atoms with Gasteiger partial charge in [-0.1, -0.05) is 29.8 Å². The lowest BCUT2D eigenvalue weighted by atomic mass is 10.00. The summed E-state index contributed by atoms with van der Waals surface area (Å²) in [6.45, 7) is 1.60. The van der Waals surface area contributed by atoms with Crippen molar-refractivity contribution in [2.45, 2.75) is 25.9 Å². The number of carbonyl (C=O) groups excluding carboxylic acids is 3. The van der Waals surface area contributed by atoms with Gasteiger partial charge in [-0.2, -0.15) is 0 Å². The van der Waals surface area contributed by atoms with Crippen molar-refractivity contribution < 1.29 is 29.1 Å². The highest BCUT2D eigenvalue weighted by atomic mass is 35.5. The Bertz CT molecular complexity index is 1790. The fourth-order valence-electron chi connectivity index (χ4n) is 4.89. The SMILES string of the molecule is CONC(=O)c1ccc(CNC(=O)CNC(=O)C[C@@H]2N=C(c3ccc(Cl)cc3)c3cc(OC)ccc3-n3c(C)nnc32)cc1O. The quantitative estimate of drug-likeness (QED) is 0.194. The van der Waals surface area contributed by atoms with Crippen LogP contribution in [-0.2, 0) is 21.0 Å². The van der Waals surface area contributed by atoms with Gasteiger partial charge in [-0.3, -0.25) is 28.8 Å². The molecule has 2 heterocycles. The highest BCUT2D eigenvalue weighted by Crippen LogP contribution is 2.34. The Morgan fingerprint density at radius 2 is 1.76 bits per heavy atom. The van der Waals surface area contributed by atoms with E-state index in [0.717, 1.165) is 16.8 Å². The van der Waals surface area contributed by atoms with Gasteiger partial charge in [-0.05, 0) is 55.0 Å². The van der Waals surface area contributed by atoms with Crippen LogP contribution < -0.4 is 20.9 Å². The molecule has 14 heteroatoms. The molecule has 3 aromatic carbocycles. The molecular weight excluding hydrogens is 602 g/mol. The van der Waals surface area contributed by atoms with Gasteiger partial charge >= 0.3 is 0 Å². The molecule has 1 aromatic heterocycles. The van der Waals surface area contributed by atoms with Gasteiger partial charge in [0.05, 0.1) is 44.1 Å². The monoisotopic (exact) mass is 631 g/mol. The van der Waals surface area contributed by atoms with Crippen LogP contribution >= 0.6 is 11.6 Å². The molecule has 0 saturated heterocycles. The third kappa shape index (κ3) is 6.95. The molecule has 0 aliphatic carbocycles. The van der Waals surface area contributed by atoms with Crippen LogP contribution in [0.1, 0.15) is 51.2 Å². The largest absolute Gasteiger partial charge is 0.507 e. The molecule has 1 atom stereocenters. The maximum absolute atomic E-state index is 13.1. The van der Waals surface area contributed by atoms with E-state index in [2.05, 4.69) is 31.1 Å². The summed E-state index contributed by atoms with van der Waals surface area (Å²) in [4.78, 5) is 47.1. The number of rotatable bonds is 10. The van der Waals surface area contributed by atoms with E-state index in [0.29, 0.717) is 33.7 Å². The number of halogens is 1. The molecule has 0 bridgehead atoms. The van der Waals surface area contributed by atoms with Crippen molar-refractivity contribution in [3.05, 3.63) is 99.6 Å². The molecule has 45 heavy (non-hydrogen) atoms. The number of aliphatic imine (C=N–C) groups is 1. The van der Waals surface area contributed by atoms with E-state index in [1.54, 1.807) is 25.3 Å². The molecule has 0 spiro atoms. The average molecular weight is 632 g/mol. The fourth-order valence-corrected chi connectivity index (χ4v) is 5.02. The van der Waals surface area contributed by atoms with E-state index in [-0.39, 0.29) is 30.8 Å². The molecule has 4 aromatic rings. The number of fused-ring (bicyclic) bond motifs is 3. The predicted molar refractivity (Wildman–Crippen MR) is 165 cm³/mol. The van der Waals surface area contributed by atoms with Crippen molar-refractivity contribution in [1.29, 1.82) is 0 Å². The first kappa shape index (κ1) is 31.2. The number of methoxy groups -OCH3 is 1. The minimum atomic E-state index is -0.727. The van der Waals surface area contributed by atoms with Crippen LogP contribution in [0.2, 0.25) is 5.02 Å². The number of phenols is 1. The number of amides is 3. The third-order valence-electron chi connectivity index (χ3n) is 7.07. The summed E-state index contributed by atoms with van der Waals surface area (Å²) in [5.41, 5.74) is 5.65. The van der Waals surface area contributed by atoms with Gasteiger partial charge in [0, 0.05) is 22.7 Å². The van der Waals surface area contributed by atoms with Gasteiger partial charge in [-0.25, -0.2) is 5.48 Å². The van der Waals surface area contributed by atoms with Gasteiger partial charge in [0.15, 0.2) is 5.82 Å². The molecule has 0 radical (unpaired) electrons. The Hall–Kier alpha value is -5.27. The Labute approximate surface area is 263 Å². The van der Waals surface area contributed by atoms with Gasteiger partial charge < -0.3 is 20.5 Å². The summed E-state index contributed by atoms with van der Waals surface area (Å²) in [5, 5.41) is 24.7. The topological polar surface area (TPSA) is 169 Å². The van der Waals surface area contributed by atoms with Crippen molar-refractivity contribution in [1.82, 2.24) is 30.9 Å². The summed E-state index contributed by atoms with van der Waals surface area (Å²) < 4.78 is 7.36. The standard InChI is InChI=1S/C31H30ClN7O6/c1-17-36-37-30-24(14-27(41)34-16-28(42)33-15-18-4-10-22(26(40)12-18)31(43)38-45-3)35-29(19-5-7-20(32)8-6-19)23-13-21(44-2)9-11-25(23)39(17)30/h4-13,24,40H,14-16H2,1-3H3,(H,33,42)(H,34,41)(H,38,43)/t24-/m0/s1. The lowest BCUT2D eigenvalue weighted by Crippen LogP contribution is -2.37. The number of ether oxygens (including phenoxy) is 1. The smallest absolute Gasteiger partial charge is 0.278 e. The van der Waals surface area contributed by atoms with E-state index in [4.69, 9.17) is 21.3 Å². The van der Waals surface area contributed by atoms with Crippen LogP contribution in [0.15, 0.2) is 65.7 Å². The first-order chi connectivity index (χ1) is 21.7. The highest BCUT2D eigenvalue weighted by molar-refractivity contribution is 6.30. The number of aromatic nitrogens is 3. The van der Waals surface area contributed by atoms with E-state index >= 15 is 0 Å². The predicted octanol–water partition coefficient (Wildman–Crippen LogP) is 2.95. The van der Waals surface area contributed by atoms with E-state index < -0.39 is 23.8 Å². The van der Waals surface area contributed by atoms with Gasteiger partial charge in [0.25, 0.3) is 5.91 Å². The second kappa shape index (κ2) is 13.6. The molecule has 4 N–H and O–H groups in total. The number of carbonyl (C=O) groups is 3. The van der Waals surface area contributed by atoms with Gasteiger partial charge in [-0.15, -0.1) is 10.2 Å². The number of aryl methyl sites for hydroxylation is 1. The fraction of sp³-hybridized carbons (Fsp3) is 0.226. The molecule has 0 fully saturated rings. The molecule has 13 nitrogen and oxygen atoms in total. The molecule has 0 saturated carbocycles. The van der Waals surface area contributed by atoms with Crippen LogP contribution in [0.25, 0.3) is 5.69 Å². The summed E-state index contributed by atoms with van der Waals surface area (Å²) in [6, 6.07) is 16.5. The number of nitrogens with zero attached hydrogens (tertiary/aromatic N) is 4. The van der Waals surface area contributed by atoms with Crippen molar-refractivity contribution in [3.63, 3.8) is 0 Å². The second-order valence-electron chi connectivity index (χ2n) is 10.1. The minimum absolute atomic E-state index is 0.0211. The Morgan fingerprint density at radius 1 is 0.978 bits per heavy atom. The highest BCUT2D eigenvalue weighted by Gasteiger charge is 2.30. The van der Waals surface area contributed by atoms with E-state index in [9.17, 15) is 19.5 Å². The van der Waals surface area contributed by atoms with Crippen molar-refractivity contribution in [3.8, 4) is 17.2 Å². The van der Waals surface area contributed by atoms with Crippen molar-refractivity contribution in [2.24, 2.45) is 4.99 Å². The van der Waals surface area contributed by atoms with E-state index in [1.165, 1.54) is 19.2 Å². The second-order valence-corrected chi connectivity index (χ2v) is 10.5. The number of hydrogen-bond acceptors (Lipinski definition) is 9. The van der Waals surface area contributed by atoms with Crippen molar-refractivity contribution >= 4 is 35.0 Å². The molecule has 5 rings (SSSR count). The third-order valence-corrected chi connectivity index (χ3v) is 7.32.